The van der Waals surface area contributed by atoms with Gasteiger partial charge in [0.2, 0.25) is 0 Å². The predicted molar refractivity (Wildman–Crippen MR) is 59.3 cm³/mol. The summed E-state index contributed by atoms with van der Waals surface area (Å²) in [5.41, 5.74) is 8.00. The van der Waals surface area contributed by atoms with Crippen LogP contribution in [-0.4, -0.2) is 14.3 Å². The van der Waals surface area contributed by atoms with Gasteiger partial charge in [0, 0.05) is 36.7 Å². The summed E-state index contributed by atoms with van der Waals surface area (Å²) in [5.74, 6) is 0. The molecule has 0 spiro atoms. The smallest absolute Gasteiger partial charge is 0.0539 e. The highest BCUT2D eigenvalue weighted by Gasteiger charge is 2.01. The van der Waals surface area contributed by atoms with Crippen LogP contribution >= 0.6 is 0 Å². The van der Waals surface area contributed by atoms with E-state index in [-0.39, 0.29) is 0 Å². The van der Waals surface area contributed by atoms with E-state index in [2.05, 4.69) is 22.8 Å². The summed E-state index contributed by atoms with van der Waals surface area (Å²) in [4.78, 5) is 0. The van der Waals surface area contributed by atoms with Crippen molar-refractivity contribution < 1.29 is 0 Å². The molecule has 0 aliphatic rings. The van der Waals surface area contributed by atoms with E-state index in [1.54, 1.807) is 0 Å². The SMILES string of the molecule is CCn1cc(Cn2cccc2CN)cn1. The number of aryl methyl sites for hydroxylation is 1. The predicted octanol–water partition coefficient (Wildman–Crippen LogP) is 1.21. The third-order valence-electron chi connectivity index (χ3n) is 2.50. The van der Waals surface area contributed by atoms with Crippen molar-refractivity contribution in [3.05, 3.63) is 42.0 Å². The third kappa shape index (κ3) is 2.10. The lowest BCUT2D eigenvalue weighted by molar-refractivity contribution is 0.658. The van der Waals surface area contributed by atoms with Crippen LogP contribution in [-0.2, 0) is 19.6 Å². The van der Waals surface area contributed by atoms with Crippen molar-refractivity contribution in [2.75, 3.05) is 0 Å². The highest BCUT2D eigenvalue weighted by molar-refractivity contribution is 5.12. The van der Waals surface area contributed by atoms with Crippen molar-refractivity contribution in [3.63, 3.8) is 0 Å². The second-order valence-corrected chi connectivity index (χ2v) is 3.54. The zero-order valence-corrected chi connectivity index (χ0v) is 8.93. The largest absolute Gasteiger partial charge is 0.346 e. The van der Waals surface area contributed by atoms with Gasteiger partial charge in [-0.2, -0.15) is 5.10 Å². The number of aromatic nitrogens is 3. The van der Waals surface area contributed by atoms with Crippen molar-refractivity contribution in [3.8, 4) is 0 Å². The van der Waals surface area contributed by atoms with E-state index in [0.717, 1.165) is 18.8 Å². The first-order valence-corrected chi connectivity index (χ1v) is 5.19. The lowest BCUT2D eigenvalue weighted by atomic mass is 10.3. The summed E-state index contributed by atoms with van der Waals surface area (Å²) < 4.78 is 4.08. The van der Waals surface area contributed by atoms with Crippen LogP contribution in [0.15, 0.2) is 30.7 Å². The van der Waals surface area contributed by atoms with Gasteiger partial charge in [-0.15, -0.1) is 0 Å². The molecular formula is C11H16N4. The molecule has 0 saturated heterocycles. The Hall–Kier alpha value is -1.55. The lowest BCUT2D eigenvalue weighted by Crippen LogP contribution is -2.06. The van der Waals surface area contributed by atoms with E-state index in [1.165, 1.54) is 5.56 Å². The Bertz CT molecular complexity index is 427. The first-order chi connectivity index (χ1) is 7.33. The minimum Gasteiger partial charge on any atom is -0.346 e. The van der Waals surface area contributed by atoms with Gasteiger partial charge in [-0.1, -0.05) is 0 Å². The number of hydrogen-bond acceptors (Lipinski definition) is 2. The van der Waals surface area contributed by atoms with E-state index in [1.807, 2.05) is 29.2 Å². The van der Waals surface area contributed by atoms with E-state index in [0.29, 0.717) is 6.54 Å². The average Bonchev–Trinajstić information content (AvgIpc) is 2.87. The Morgan fingerprint density at radius 3 is 3.00 bits per heavy atom. The highest BCUT2D eigenvalue weighted by atomic mass is 15.3. The summed E-state index contributed by atoms with van der Waals surface area (Å²) >= 11 is 0. The van der Waals surface area contributed by atoms with Crippen LogP contribution in [0.3, 0.4) is 0 Å². The Labute approximate surface area is 89.3 Å². The van der Waals surface area contributed by atoms with Crippen molar-refractivity contribution >= 4 is 0 Å². The molecule has 4 heteroatoms. The minimum atomic E-state index is 0.578. The van der Waals surface area contributed by atoms with Crippen molar-refractivity contribution in [2.24, 2.45) is 5.73 Å². The molecule has 0 radical (unpaired) electrons. The monoisotopic (exact) mass is 204 g/mol. The molecule has 4 nitrogen and oxygen atoms in total. The first kappa shape index (κ1) is 9.98. The quantitative estimate of drug-likeness (QED) is 0.813. The number of rotatable bonds is 4. The fourth-order valence-electron chi connectivity index (χ4n) is 1.65. The molecule has 0 atom stereocenters. The fraction of sp³-hybridized carbons (Fsp3) is 0.364. The molecule has 0 aromatic carbocycles. The summed E-state index contributed by atoms with van der Waals surface area (Å²) in [6, 6.07) is 4.07. The van der Waals surface area contributed by atoms with Gasteiger partial charge in [-0.25, -0.2) is 0 Å². The maximum atomic E-state index is 5.64. The second kappa shape index (κ2) is 4.31. The van der Waals surface area contributed by atoms with Crippen molar-refractivity contribution in [1.82, 2.24) is 14.3 Å². The zero-order chi connectivity index (χ0) is 10.7. The third-order valence-corrected chi connectivity index (χ3v) is 2.50. The molecule has 80 valence electrons. The van der Waals surface area contributed by atoms with Gasteiger partial charge in [-0.3, -0.25) is 4.68 Å². The molecule has 0 amide bonds. The van der Waals surface area contributed by atoms with Crippen LogP contribution in [0, 0.1) is 0 Å². The Kier molecular flexibility index (Phi) is 2.87. The first-order valence-electron chi connectivity index (χ1n) is 5.19. The summed E-state index contributed by atoms with van der Waals surface area (Å²) in [7, 11) is 0. The molecule has 0 unspecified atom stereocenters. The van der Waals surface area contributed by atoms with Crippen LogP contribution in [0.5, 0.6) is 0 Å². The molecule has 0 aliphatic carbocycles. The summed E-state index contributed by atoms with van der Waals surface area (Å²) in [5, 5.41) is 4.24. The molecule has 0 saturated carbocycles. The van der Waals surface area contributed by atoms with Gasteiger partial charge < -0.3 is 10.3 Å². The molecule has 0 bridgehead atoms. The van der Waals surface area contributed by atoms with Gasteiger partial charge in [0.15, 0.2) is 0 Å². The summed E-state index contributed by atoms with van der Waals surface area (Å²) in [6.45, 7) is 4.42. The Morgan fingerprint density at radius 2 is 2.33 bits per heavy atom. The number of nitrogens with two attached hydrogens (primary N) is 1. The average molecular weight is 204 g/mol. The van der Waals surface area contributed by atoms with Gasteiger partial charge in [0.25, 0.3) is 0 Å². The van der Waals surface area contributed by atoms with E-state index >= 15 is 0 Å². The molecule has 0 aliphatic heterocycles. The van der Waals surface area contributed by atoms with Gasteiger partial charge in [0.1, 0.15) is 0 Å². The minimum absolute atomic E-state index is 0.578. The van der Waals surface area contributed by atoms with Crippen LogP contribution < -0.4 is 5.73 Å². The maximum Gasteiger partial charge on any atom is 0.0539 e. The molecule has 15 heavy (non-hydrogen) atoms. The fourth-order valence-corrected chi connectivity index (χ4v) is 1.65. The van der Waals surface area contributed by atoms with Gasteiger partial charge in [-0.05, 0) is 19.1 Å². The van der Waals surface area contributed by atoms with Crippen molar-refractivity contribution in [2.45, 2.75) is 26.6 Å². The van der Waals surface area contributed by atoms with Gasteiger partial charge >= 0.3 is 0 Å². The molecule has 2 aromatic heterocycles. The second-order valence-electron chi connectivity index (χ2n) is 3.54. The van der Waals surface area contributed by atoms with Gasteiger partial charge in [0.05, 0.1) is 12.7 Å². The van der Waals surface area contributed by atoms with Crippen LogP contribution in [0.1, 0.15) is 18.2 Å². The van der Waals surface area contributed by atoms with E-state index in [4.69, 9.17) is 5.73 Å². The standard InChI is InChI=1S/C11H16N4/c1-2-15-9-10(7-13-15)8-14-5-3-4-11(14)6-12/h3-5,7,9H,2,6,8,12H2,1H3. The zero-order valence-electron chi connectivity index (χ0n) is 8.93. The lowest BCUT2D eigenvalue weighted by Gasteiger charge is -2.05. The van der Waals surface area contributed by atoms with Crippen molar-refractivity contribution in [1.29, 1.82) is 0 Å². The molecule has 0 fully saturated rings. The maximum absolute atomic E-state index is 5.64. The Morgan fingerprint density at radius 1 is 1.47 bits per heavy atom. The van der Waals surface area contributed by atoms with Crippen LogP contribution in [0.2, 0.25) is 0 Å². The Balaban J connectivity index is 2.14. The summed E-state index contributed by atoms with van der Waals surface area (Å²) in [6.07, 6.45) is 6.02. The highest BCUT2D eigenvalue weighted by Crippen LogP contribution is 2.06. The number of hydrogen-bond donors (Lipinski definition) is 1. The van der Waals surface area contributed by atoms with E-state index < -0.39 is 0 Å². The molecule has 2 aromatic rings. The number of nitrogens with zero attached hydrogens (tertiary/aromatic N) is 3. The molecule has 2 heterocycles. The molecule has 2 N–H and O–H groups in total. The van der Waals surface area contributed by atoms with Crippen LogP contribution in [0.4, 0.5) is 0 Å². The normalized spacial score (nSPS) is 10.8. The molecular weight excluding hydrogens is 188 g/mol. The van der Waals surface area contributed by atoms with Crippen LogP contribution in [0.25, 0.3) is 0 Å². The topological polar surface area (TPSA) is 48.8 Å². The molecule has 2 rings (SSSR count). The van der Waals surface area contributed by atoms with E-state index in [9.17, 15) is 0 Å².